The number of carbonyl (C=O) groups excluding carboxylic acids is 1. The van der Waals surface area contributed by atoms with E-state index in [1.54, 1.807) is 0 Å². The van der Waals surface area contributed by atoms with Crippen molar-refractivity contribution in [2.75, 3.05) is 0 Å². The number of hydrogen-bond donors (Lipinski definition) is 1. The average molecular weight is 635 g/mol. The standard InChI is InChI=1S/C41H78O4/c1-3-5-7-9-11-13-15-17-19-20-21-22-24-26-28-30-32-35-39(36-34-37-40(42)43)45-41(44)38-33-31-29-27-25-23-18-16-14-12-10-8-6-4-2/h14,16,39H,3-13,15,17-38H2,1-2H3,(H,42,43)/b16-14-. The van der Waals surface area contributed by atoms with E-state index in [0.717, 1.165) is 25.7 Å². The second-order valence-corrected chi connectivity index (χ2v) is 13.8. The van der Waals surface area contributed by atoms with Gasteiger partial charge in [-0.2, -0.15) is 0 Å². The Morgan fingerprint density at radius 2 is 0.822 bits per heavy atom. The van der Waals surface area contributed by atoms with Crippen LogP contribution in [0.1, 0.15) is 232 Å². The zero-order valence-electron chi connectivity index (χ0n) is 30.4. The molecule has 1 N–H and O–H groups in total. The first-order valence-corrected chi connectivity index (χ1v) is 20.2. The maximum Gasteiger partial charge on any atom is 0.306 e. The van der Waals surface area contributed by atoms with Crippen LogP contribution in [-0.2, 0) is 14.3 Å². The molecule has 4 nitrogen and oxygen atoms in total. The van der Waals surface area contributed by atoms with Crippen LogP contribution in [0.3, 0.4) is 0 Å². The van der Waals surface area contributed by atoms with E-state index in [1.165, 1.54) is 167 Å². The molecule has 0 aliphatic rings. The maximum atomic E-state index is 12.5. The average Bonchev–Trinajstić information content (AvgIpc) is 3.02. The summed E-state index contributed by atoms with van der Waals surface area (Å²) in [5, 5.41) is 9.02. The summed E-state index contributed by atoms with van der Waals surface area (Å²) in [4.78, 5) is 23.5. The molecule has 0 rings (SSSR count). The topological polar surface area (TPSA) is 63.6 Å². The van der Waals surface area contributed by atoms with E-state index < -0.39 is 5.97 Å². The van der Waals surface area contributed by atoms with Crippen molar-refractivity contribution < 1.29 is 19.4 Å². The molecule has 0 spiro atoms. The van der Waals surface area contributed by atoms with Crippen LogP contribution >= 0.6 is 0 Å². The third kappa shape index (κ3) is 37.0. The number of esters is 1. The summed E-state index contributed by atoms with van der Waals surface area (Å²) < 4.78 is 5.84. The van der Waals surface area contributed by atoms with E-state index in [1.807, 2.05) is 0 Å². The highest BCUT2D eigenvalue weighted by Gasteiger charge is 2.15. The van der Waals surface area contributed by atoms with Crippen LogP contribution in [0.2, 0.25) is 0 Å². The molecule has 266 valence electrons. The molecule has 0 aromatic carbocycles. The fourth-order valence-electron chi connectivity index (χ4n) is 6.25. The zero-order valence-corrected chi connectivity index (χ0v) is 30.4. The molecule has 0 heterocycles. The number of hydrogen-bond acceptors (Lipinski definition) is 3. The summed E-state index contributed by atoms with van der Waals surface area (Å²) in [5.41, 5.74) is 0. The van der Waals surface area contributed by atoms with Crippen molar-refractivity contribution in [3.8, 4) is 0 Å². The molecule has 45 heavy (non-hydrogen) atoms. The van der Waals surface area contributed by atoms with Gasteiger partial charge in [-0.1, -0.05) is 174 Å². The van der Waals surface area contributed by atoms with Gasteiger partial charge >= 0.3 is 11.9 Å². The fourth-order valence-corrected chi connectivity index (χ4v) is 6.25. The minimum absolute atomic E-state index is 0.0913. The Morgan fingerprint density at radius 1 is 0.467 bits per heavy atom. The molecule has 1 unspecified atom stereocenters. The van der Waals surface area contributed by atoms with Gasteiger partial charge in [-0.25, -0.2) is 0 Å². The highest BCUT2D eigenvalue weighted by atomic mass is 16.5. The fraction of sp³-hybridized carbons (Fsp3) is 0.902. The molecule has 0 aliphatic heterocycles. The third-order valence-electron chi connectivity index (χ3n) is 9.24. The summed E-state index contributed by atoms with van der Waals surface area (Å²) in [6.07, 6.45) is 45.1. The van der Waals surface area contributed by atoms with E-state index in [9.17, 15) is 9.59 Å². The zero-order chi connectivity index (χ0) is 32.9. The SMILES string of the molecule is CCCCCC/C=C\CCCCCCCCC(=O)OC(CCCCCCCCCCCCCCCCCCC)CCCC(=O)O. The van der Waals surface area contributed by atoms with Crippen LogP contribution < -0.4 is 0 Å². The van der Waals surface area contributed by atoms with Gasteiger partial charge < -0.3 is 9.84 Å². The molecule has 0 aromatic heterocycles. The molecular weight excluding hydrogens is 556 g/mol. The molecule has 0 radical (unpaired) electrons. The molecule has 0 bridgehead atoms. The van der Waals surface area contributed by atoms with Gasteiger partial charge in [0.25, 0.3) is 0 Å². The number of ether oxygens (including phenoxy) is 1. The molecule has 1 atom stereocenters. The number of carbonyl (C=O) groups is 2. The number of carboxylic acid groups (broad SMARTS) is 1. The summed E-state index contributed by atoms with van der Waals surface area (Å²) in [6, 6.07) is 0. The summed E-state index contributed by atoms with van der Waals surface area (Å²) in [7, 11) is 0. The van der Waals surface area contributed by atoms with Crippen molar-refractivity contribution in [1.82, 2.24) is 0 Å². The van der Waals surface area contributed by atoms with Gasteiger partial charge in [0.2, 0.25) is 0 Å². The van der Waals surface area contributed by atoms with Crippen LogP contribution in [0, 0.1) is 0 Å². The lowest BCUT2D eigenvalue weighted by Gasteiger charge is -2.18. The predicted molar refractivity (Wildman–Crippen MR) is 195 cm³/mol. The monoisotopic (exact) mass is 635 g/mol. The van der Waals surface area contributed by atoms with Crippen LogP contribution in [0.25, 0.3) is 0 Å². The number of carboxylic acids is 1. The van der Waals surface area contributed by atoms with Gasteiger partial charge in [0.1, 0.15) is 6.10 Å². The van der Waals surface area contributed by atoms with Crippen molar-refractivity contribution in [2.45, 2.75) is 238 Å². The van der Waals surface area contributed by atoms with Crippen LogP contribution in [0.4, 0.5) is 0 Å². The lowest BCUT2D eigenvalue weighted by Crippen LogP contribution is -2.18. The highest BCUT2D eigenvalue weighted by Crippen LogP contribution is 2.18. The van der Waals surface area contributed by atoms with Gasteiger partial charge in [-0.15, -0.1) is 0 Å². The van der Waals surface area contributed by atoms with Crippen molar-refractivity contribution in [1.29, 1.82) is 0 Å². The largest absolute Gasteiger partial charge is 0.481 e. The molecule has 0 aromatic rings. The molecule has 0 saturated heterocycles. The first-order chi connectivity index (χ1) is 22.1. The first kappa shape index (κ1) is 43.7. The third-order valence-corrected chi connectivity index (χ3v) is 9.24. The first-order valence-electron chi connectivity index (χ1n) is 20.2. The van der Waals surface area contributed by atoms with Crippen molar-refractivity contribution in [3.63, 3.8) is 0 Å². The lowest BCUT2D eigenvalue weighted by molar-refractivity contribution is -0.150. The van der Waals surface area contributed by atoms with E-state index in [2.05, 4.69) is 26.0 Å². The normalized spacial score (nSPS) is 12.2. The lowest BCUT2D eigenvalue weighted by atomic mass is 10.0. The van der Waals surface area contributed by atoms with Crippen LogP contribution in [-0.4, -0.2) is 23.1 Å². The predicted octanol–water partition coefficient (Wildman–Crippen LogP) is 13.8. The van der Waals surface area contributed by atoms with Gasteiger partial charge in [-0.05, 0) is 57.8 Å². The number of aliphatic carboxylic acids is 1. The summed E-state index contributed by atoms with van der Waals surface area (Å²) in [5.74, 6) is -0.859. The Balaban J connectivity index is 3.78. The van der Waals surface area contributed by atoms with Gasteiger partial charge in [0.05, 0.1) is 0 Å². The Morgan fingerprint density at radius 3 is 1.27 bits per heavy atom. The van der Waals surface area contributed by atoms with Crippen LogP contribution in [0.5, 0.6) is 0 Å². The summed E-state index contributed by atoms with van der Waals surface area (Å²) in [6.45, 7) is 4.54. The quantitative estimate of drug-likeness (QED) is 0.0419. The highest BCUT2D eigenvalue weighted by molar-refractivity contribution is 5.69. The Kier molecular flexibility index (Phi) is 36.1. The summed E-state index contributed by atoms with van der Waals surface area (Å²) >= 11 is 0. The van der Waals surface area contributed by atoms with E-state index >= 15 is 0 Å². The Hall–Kier alpha value is -1.32. The van der Waals surface area contributed by atoms with Gasteiger partial charge in [0.15, 0.2) is 0 Å². The van der Waals surface area contributed by atoms with Crippen molar-refractivity contribution in [3.05, 3.63) is 12.2 Å². The van der Waals surface area contributed by atoms with Crippen LogP contribution in [0.15, 0.2) is 12.2 Å². The molecule has 4 heteroatoms. The molecule has 0 fully saturated rings. The molecule has 0 aliphatic carbocycles. The number of unbranched alkanes of at least 4 members (excludes halogenated alkanes) is 26. The Labute approximate surface area is 281 Å². The minimum Gasteiger partial charge on any atom is -0.481 e. The van der Waals surface area contributed by atoms with E-state index in [-0.39, 0.29) is 18.5 Å². The van der Waals surface area contributed by atoms with Crippen molar-refractivity contribution >= 4 is 11.9 Å². The smallest absolute Gasteiger partial charge is 0.306 e. The van der Waals surface area contributed by atoms with E-state index in [4.69, 9.17) is 9.84 Å². The molecule has 0 amide bonds. The number of allylic oxidation sites excluding steroid dienone is 2. The number of rotatable bonds is 37. The van der Waals surface area contributed by atoms with Gasteiger partial charge in [-0.3, -0.25) is 9.59 Å². The maximum absolute atomic E-state index is 12.5. The second kappa shape index (κ2) is 37.1. The molecule has 0 saturated carbocycles. The minimum atomic E-state index is -0.767. The molecular formula is C41H78O4. The Bertz CT molecular complexity index is 643. The second-order valence-electron chi connectivity index (χ2n) is 13.8. The van der Waals surface area contributed by atoms with E-state index in [0.29, 0.717) is 19.3 Å². The van der Waals surface area contributed by atoms with Crippen molar-refractivity contribution in [2.24, 2.45) is 0 Å². The van der Waals surface area contributed by atoms with Gasteiger partial charge in [0, 0.05) is 12.8 Å².